The first kappa shape index (κ1) is 12.8. The Morgan fingerprint density at radius 3 is 3.00 bits per heavy atom. The minimum absolute atomic E-state index is 0.168. The monoisotopic (exact) mass is 250 g/mol. The second-order valence-electron chi connectivity index (χ2n) is 4.72. The maximum atomic E-state index is 10.7. The Morgan fingerprint density at radius 1 is 1.56 bits per heavy atom. The van der Waals surface area contributed by atoms with Crippen LogP contribution in [0.1, 0.15) is 18.4 Å². The third kappa shape index (κ3) is 3.20. The predicted octanol–water partition coefficient (Wildman–Crippen LogP) is 2.74. The maximum Gasteiger partial charge on any atom is 0.272 e. The van der Waals surface area contributed by atoms with Crippen molar-refractivity contribution in [3.05, 3.63) is 33.9 Å². The number of nitrogens with one attached hydrogen (secondary N) is 1. The summed E-state index contributed by atoms with van der Waals surface area (Å²) in [7, 11) is 0. The molecule has 0 bridgehead atoms. The lowest BCUT2D eigenvalue weighted by atomic mass is 10.0. The molecule has 1 aromatic carbocycles. The quantitative estimate of drug-likeness (QED) is 0.659. The van der Waals surface area contributed by atoms with Crippen molar-refractivity contribution in [3.8, 4) is 0 Å². The Balaban J connectivity index is 1.93. The van der Waals surface area contributed by atoms with Gasteiger partial charge in [0.25, 0.3) is 5.69 Å². The van der Waals surface area contributed by atoms with Crippen LogP contribution in [0.25, 0.3) is 0 Å². The van der Waals surface area contributed by atoms with Crippen LogP contribution in [-0.4, -0.2) is 24.7 Å². The summed E-state index contributed by atoms with van der Waals surface area (Å²) < 4.78 is 5.42. The van der Waals surface area contributed by atoms with Crippen molar-refractivity contribution in [2.45, 2.75) is 19.8 Å². The van der Waals surface area contributed by atoms with Gasteiger partial charge in [0.15, 0.2) is 0 Å². The third-order valence-corrected chi connectivity index (χ3v) is 3.24. The van der Waals surface area contributed by atoms with Crippen LogP contribution in [0.15, 0.2) is 18.2 Å². The van der Waals surface area contributed by atoms with Gasteiger partial charge in [-0.25, -0.2) is 0 Å². The molecule has 1 aromatic rings. The minimum atomic E-state index is -0.353. The first-order chi connectivity index (χ1) is 8.66. The van der Waals surface area contributed by atoms with Crippen molar-refractivity contribution in [1.29, 1.82) is 0 Å². The third-order valence-electron chi connectivity index (χ3n) is 3.24. The molecule has 5 nitrogen and oxygen atoms in total. The second kappa shape index (κ2) is 5.82. The van der Waals surface area contributed by atoms with Gasteiger partial charge in [-0.1, -0.05) is 0 Å². The van der Waals surface area contributed by atoms with Crippen molar-refractivity contribution in [2.75, 3.05) is 25.1 Å². The molecule has 1 heterocycles. The van der Waals surface area contributed by atoms with E-state index in [0.29, 0.717) is 11.5 Å². The van der Waals surface area contributed by atoms with E-state index >= 15 is 0 Å². The highest BCUT2D eigenvalue weighted by Gasteiger charge is 2.14. The van der Waals surface area contributed by atoms with E-state index in [2.05, 4.69) is 5.32 Å². The molecule has 0 aliphatic carbocycles. The smallest absolute Gasteiger partial charge is 0.272 e. The Hall–Kier alpha value is -1.62. The van der Waals surface area contributed by atoms with E-state index in [-0.39, 0.29) is 10.6 Å². The van der Waals surface area contributed by atoms with Gasteiger partial charge in [-0.05, 0) is 37.8 Å². The average molecular weight is 250 g/mol. The molecule has 0 aromatic heterocycles. The average Bonchev–Trinajstić information content (AvgIpc) is 2.37. The number of nitro groups is 1. The molecule has 18 heavy (non-hydrogen) atoms. The fraction of sp³-hybridized carbons (Fsp3) is 0.538. The zero-order valence-corrected chi connectivity index (χ0v) is 10.5. The van der Waals surface area contributed by atoms with Crippen LogP contribution in [-0.2, 0) is 4.74 Å². The van der Waals surface area contributed by atoms with Crippen molar-refractivity contribution < 1.29 is 9.66 Å². The van der Waals surface area contributed by atoms with Crippen LogP contribution < -0.4 is 5.32 Å². The standard InChI is InChI=1S/C13H18N2O3/c1-10-7-12(4-5-13(10)15(16)17)14-8-11-3-2-6-18-9-11/h4-5,7,11,14H,2-3,6,8-9H2,1H3. The molecular formula is C13H18N2O3. The molecule has 1 unspecified atom stereocenters. The van der Waals surface area contributed by atoms with Crippen LogP contribution in [0.4, 0.5) is 11.4 Å². The lowest BCUT2D eigenvalue weighted by molar-refractivity contribution is -0.385. The van der Waals surface area contributed by atoms with Crippen LogP contribution >= 0.6 is 0 Å². The highest BCUT2D eigenvalue weighted by molar-refractivity contribution is 5.53. The first-order valence-corrected chi connectivity index (χ1v) is 6.23. The number of benzene rings is 1. The van der Waals surface area contributed by atoms with Gasteiger partial charge in [0.2, 0.25) is 0 Å². The summed E-state index contributed by atoms with van der Waals surface area (Å²) >= 11 is 0. The second-order valence-corrected chi connectivity index (χ2v) is 4.72. The van der Waals surface area contributed by atoms with Crippen molar-refractivity contribution in [1.82, 2.24) is 0 Å². The number of nitrogens with zero attached hydrogens (tertiary/aromatic N) is 1. The molecule has 2 rings (SSSR count). The van der Waals surface area contributed by atoms with Gasteiger partial charge in [0.05, 0.1) is 11.5 Å². The molecule has 1 saturated heterocycles. The van der Waals surface area contributed by atoms with E-state index < -0.39 is 0 Å². The van der Waals surface area contributed by atoms with Gasteiger partial charge in [0.1, 0.15) is 0 Å². The number of nitro benzene ring substituents is 1. The fourth-order valence-corrected chi connectivity index (χ4v) is 2.20. The Labute approximate surface area is 106 Å². The maximum absolute atomic E-state index is 10.7. The molecule has 1 atom stereocenters. The molecule has 0 saturated carbocycles. The normalized spacial score (nSPS) is 19.5. The van der Waals surface area contributed by atoms with E-state index in [1.54, 1.807) is 19.1 Å². The van der Waals surface area contributed by atoms with E-state index in [9.17, 15) is 10.1 Å². The highest BCUT2D eigenvalue weighted by atomic mass is 16.6. The Bertz CT molecular complexity index is 428. The highest BCUT2D eigenvalue weighted by Crippen LogP contribution is 2.22. The first-order valence-electron chi connectivity index (χ1n) is 6.23. The van der Waals surface area contributed by atoms with Crippen LogP contribution in [0.2, 0.25) is 0 Å². The van der Waals surface area contributed by atoms with Gasteiger partial charge >= 0.3 is 0 Å². The number of ether oxygens (including phenoxy) is 1. The largest absolute Gasteiger partial charge is 0.385 e. The van der Waals surface area contributed by atoms with E-state index in [4.69, 9.17) is 4.74 Å². The summed E-state index contributed by atoms with van der Waals surface area (Å²) in [6, 6.07) is 5.13. The Morgan fingerprint density at radius 2 is 2.39 bits per heavy atom. The number of aryl methyl sites for hydroxylation is 1. The van der Waals surface area contributed by atoms with Gasteiger partial charge in [-0.15, -0.1) is 0 Å². The van der Waals surface area contributed by atoms with Crippen molar-refractivity contribution >= 4 is 11.4 Å². The van der Waals surface area contributed by atoms with E-state index in [0.717, 1.165) is 31.9 Å². The van der Waals surface area contributed by atoms with E-state index in [1.165, 1.54) is 6.42 Å². The summed E-state index contributed by atoms with van der Waals surface area (Å²) in [5.74, 6) is 0.536. The SMILES string of the molecule is Cc1cc(NCC2CCCOC2)ccc1[N+](=O)[O-]. The number of hydrogen-bond donors (Lipinski definition) is 1. The molecule has 1 aliphatic rings. The molecular weight excluding hydrogens is 232 g/mol. The molecule has 1 fully saturated rings. The lowest BCUT2D eigenvalue weighted by Crippen LogP contribution is -2.24. The topological polar surface area (TPSA) is 64.4 Å². The van der Waals surface area contributed by atoms with Crippen LogP contribution in [0.3, 0.4) is 0 Å². The summed E-state index contributed by atoms with van der Waals surface area (Å²) in [4.78, 5) is 10.4. The van der Waals surface area contributed by atoms with Crippen molar-refractivity contribution in [2.24, 2.45) is 5.92 Å². The van der Waals surface area contributed by atoms with Crippen LogP contribution in [0.5, 0.6) is 0 Å². The van der Waals surface area contributed by atoms with Gasteiger partial charge < -0.3 is 10.1 Å². The molecule has 0 amide bonds. The molecule has 98 valence electrons. The summed E-state index contributed by atoms with van der Waals surface area (Å²) in [6.07, 6.45) is 2.30. The zero-order valence-electron chi connectivity index (χ0n) is 10.5. The van der Waals surface area contributed by atoms with Gasteiger partial charge in [0, 0.05) is 30.5 Å². The van der Waals surface area contributed by atoms with Gasteiger partial charge in [-0.3, -0.25) is 10.1 Å². The molecule has 0 radical (unpaired) electrons. The number of anilines is 1. The lowest BCUT2D eigenvalue weighted by Gasteiger charge is -2.22. The van der Waals surface area contributed by atoms with E-state index in [1.807, 2.05) is 6.07 Å². The summed E-state index contributed by atoms with van der Waals surface area (Å²) in [6.45, 7) is 4.29. The van der Waals surface area contributed by atoms with Crippen molar-refractivity contribution in [3.63, 3.8) is 0 Å². The summed E-state index contributed by atoms with van der Waals surface area (Å²) in [5.41, 5.74) is 1.79. The molecule has 1 aliphatic heterocycles. The van der Waals surface area contributed by atoms with Gasteiger partial charge in [-0.2, -0.15) is 0 Å². The fourth-order valence-electron chi connectivity index (χ4n) is 2.20. The zero-order chi connectivity index (χ0) is 13.0. The number of hydrogen-bond acceptors (Lipinski definition) is 4. The Kier molecular flexibility index (Phi) is 4.15. The summed E-state index contributed by atoms with van der Waals surface area (Å²) in [5, 5.41) is 14.0. The number of rotatable bonds is 4. The molecule has 1 N–H and O–H groups in total. The molecule has 0 spiro atoms. The van der Waals surface area contributed by atoms with Crippen LogP contribution in [0, 0.1) is 23.0 Å². The molecule has 5 heteroatoms. The minimum Gasteiger partial charge on any atom is -0.385 e. The predicted molar refractivity (Wildman–Crippen MR) is 69.9 cm³/mol.